The van der Waals surface area contributed by atoms with Gasteiger partial charge in [0.15, 0.2) is 6.10 Å². The number of hydrogen-bond donors (Lipinski definition) is 4. The normalized spacial score (nSPS) is 20.5. The summed E-state index contributed by atoms with van der Waals surface area (Å²) in [6.07, 6.45) is 1.83. The highest BCUT2D eigenvalue weighted by Gasteiger charge is 2.34. The van der Waals surface area contributed by atoms with Crippen molar-refractivity contribution in [1.82, 2.24) is 16.0 Å². The van der Waals surface area contributed by atoms with Gasteiger partial charge in [0.05, 0.1) is 6.04 Å². The van der Waals surface area contributed by atoms with Gasteiger partial charge < -0.3 is 21.1 Å². The summed E-state index contributed by atoms with van der Waals surface area (Å²) in [5.74, 6) is -4.52. The summed E-state index contributed by atoms with van der Waals surface area (Å²) in [4.78, 5) is 38.9. The maximum atomic E-state index is 13.5. The summed E-state index contributed by atoms with van der Waals surface area (Å²) in [5.41, 5.74) is 1.38. The van der Waals surface area contributed by atoms with E-state index >= 15 is 0 Å². The molecule has 0 saturated heterocycles. The number of aliphatic hydroxyl groups excluding tert-OH is 1. The highest BCUT2D eigenvalue weighted by atomic mass is 19.1. The summed E-state index contributed by atoms with van der Waals surface area (Å²) in [6.45, 7) is 1.38. The fraction of sp³-hybridized carbons (Fsp3) is 0.207. The summed E-state index contributed by atoms with van der Waals surface area (Å²) < 4.78 is 27.0. The third-order valence-corrected chi connectivity index (χ3v) is 6.29. The molecule has 3 aromatic rings. The van der Waals surface area contributed by atoms with Crippen LogP contribution in [0.5, 0.6) is 0 Å². The Bertz CT molecular complexity index is 1310. The maximum absolute atomic E-state index is 13.5. The molecule has 38 heavy (non-hydrogen) atoms. The Balaban J connectivity index is 1.50. The van der Waals surface area contributed by atoms with Crippen LogP contribution in [0.25, 0.3) is 0 Å². The molecule has 0 bridgehead atoms. The highest BCUT2D eigenvalue weighted by Crippen LogP contribution is 2.28. The monoisotopic (exact) mass is 519 g/mol. The average Bonchev–Trinajstić information content (AvgIpc) is 3.07. The molecule has 5 atom stereocenters. The van der Waals surface area contributed by atoms with Crippen molar-refractivity contribution in [2.45, 2.75) is 37.1 Å². The fourth-order valence-corrected chi connectivity index (χ4v) is 4.31. The van der Waals surface area contributed by atoms with Gasteiger partial charge in [0.2, 0.25) is 11.8 Å². The van der Waals surface area contributed by atoms with Gasteiger partial charge in [-0.1, -0.05) is 72.8 Å². The SMILES string of the molecule is C[C@H](NC(=O)[C@H](O)c1cc(F)cc(F)c1)C(=O)N[C@@H]1C(=O)N[C@H](c2ccccc2)C=C[C@@H]1c1ccccc1. The fourth-order valence-electron chi connectivity index (χ4n) is 4.31. The number of amides is 3. The van der Waals surface area contributed by atoms with Crippen molar-refractivity contribution in [3.8, 4) is 0 Å². The van der Waals surface area contributed by atoms with Gasteiger partial charge in [-0.2, -0.15) is 0 Å². The number of rotatable bonds is 7. The Kier molecular flexibility index (Phi) is 8.28. The molecular formula is C29H27F2N3O4. The Morgan fingerprint density at radius 1 is 0.868 bits per heavy atom. The molecule has 1 heterocycles. The lowest BCUT2D eigenvalue weighted by molar-refractivity contribution is -0.135. The van der Waals surface area contributed by atoms with Gasteiger partial charge in [0.25, 0.3) is 5.91 Å². The molecule has 4 rings (SSSR count). The largest absolute Gasteiger partial charge is 0.378 e. The molecule has 0 aliphatic carbocycles. The molecule has 0 spiro atoms. The van der Waals surface area contributed by atoms with Crippen molar-refractivity contribution >= 4 is 17.7 Å². The third-order valence-electron chi connectivity index (χ3n) is 6.29. The number of hydrogen-bond acceptors (Lipinski definition) is 4. The van der Waals surface area contributed by atoms with E-state index in [-0.39, 0.29) is 5.56 Å². The zero-order chi connectivity index (χ0) is 27.2. The van der Waals surface area contributed by atoms with E-state index in [1.54, 1.807) is 0 Å². The second kappa shape index (κ2) is 11.8. The molecular weight excluding hydrogens is 492 g/mol. The number of benzene rings is 3. The van der Waals surface area contributed by atoms with E-state index in [4.69, 9.17) is 0 Å². The molecule has 0 fully saturated rings. The number of aliphatic hydroxyl groups is 1. The van der Waals surface area contributed by atoms with Crippen LogP contribution in [0.1, 0.15) is 41.7 Å². The first-order chi connectivity index (χ1) is 18.2. The van der Waals surface area contributed by atoms with Crippen LogP contribution in [-0.4, -0.2) is 34.9 Å². The number of carbonyl (C=O) groups excluding carboxylic acids is 3. The first-order valence-corrected chi connectivity index (χ1v) is 12.1. The van der Waals surface area contributed by atoms with Crippen LogP contribution in [0, 0.1) is 11.6 Å². The standard InChI is InChI=1S/C29H27F2N3O4/c1-17(32-29(38)26(35)20-14-21(30)16-22(31)15-20)27(36)34-25-23(18-8-4-2-5-9-18)12-13-24(33-28(25)37)19-10-6-3-7-11-19/h2-17,23-26,35H,1H3,(H,32,38)(H,33,37)(H,34,36)/t17-,23+,24-,25-,26+/m0/s1. The molecule has 196 valence electrons. The Morgan fingerprint density at radius 2 is 1.45 bits per heavy atom. The predicted molar refractivity (Wildman–Crippen MR) is 137 cm³/mol. The molecule has 3 aromatic carbocycles. The van der Waals surface area contributed by atoms with Crippen LogP contribution >= 0.6 is 0 Å². The average molecular weight is 520 g/mol. The Labute approximate surface area is 218 Å². The molecule has 9 heteroatoms. The zero-order valence-corrected chi connectivity index (χ0v) is 20.5. The minimum Gasteiger partial charge on any atom is -0.378 e. The van der Waals surface area contributed by atoms with Gasteiger partial charge in [0.1, 0.15) is 23.7 Å². The molecule has 3 amide bonds. The van der Waals surface area contributed by atoms with Crippen molar-refractivity contribution in [3.05, 3.63) is 119 Å². The van der Waals surface area contributed by atoms with Crippen molar-refractivity contribution in [2.75, 3.05) is 0 Å². The molecule has 7 nitrogen and oxygen atoms in total. The van der Waals surface area contributed by atoms with Crippen LogP contribution < -0.4 is 16.0 Å². The Morgan fingerprint density at radius 3 is 2.05 bits per heavy atom. The minimum absolute atomic E-state index is 0.294. The molecule has 0 saturated carbocycles. The summed E-state index contributed by atoms with van der Waals surface area (Å²) in [5, 5.41) is 18.2. The predicted octanol–water partition coefficient (Wildman–Crippen LogP) is 3.20. The first-order valence-electron chi connectivity index (χ1n) is 12.1. The molecule has 0 unspecified atom stereocenters. The lowest BCUT2D eigenvalue weighted by atomic mass is 9.90. The van der Waals surface area contributed by atoms with Crippen molar-refractivity contribution in [3.63, 3.8) is 0 Å². The summed E-state index contributed by atoms with van der Waals surface area (Å²) in [6, 6.07) is 18.3. The van der Waals surface area contributed by atoms with Crippen LogP contribution in [0.2, 0.25) is 0 Å². The van der Waals surface area contributed by atoms with E-state index in [2.05, 4.69) is 16.0 Å². The second-order valence-corrected chi connectivity index (χ2v) is 9.04. The third kappa shape index (κ3) is 6.30. The summed E-state index contributed by atoms with van der Waals surface area (Å²) >= 11 is 0. The quantitative estimate of drug-likeness (QED) is 0.360. The van der Waals surface area contributed by atoms with Crippen LogP contribution in [-0.2, 0) is 14.4 Å². The van der Waals surface area contributed by atoms with Gasteiger partial charge in [-0.05, 0) is 35.7 Å². The van der Waals surface area contributed by atoms with Gasteiger partial charge in [-0.15, -0.1) is 0 Å². The lowest BCUT2D eigenvalue weighted by Gasteiger charge is -2.26. The smallest absolute Gasteiger partial charge is 0.254 e. The lowest BCUT2D eigenvalue weighted by Crippen LogP contribution is -2.54. The molecule has 4 N–H and O–H groups in total. The van der Waals surface area contributed by atoms with Crippen molar-refractivity contribution < 1.29 is 28.3 Å². The van der Waals surface area contributed by atoms with Gasteiger partial charge >= 0.3 is 0 Å². The van der Waals surface area contributed by atoms with Crippen LogP contribution in [0.3, 0.4) is 0 Å². The van der Waals surface area contributed by atoms with Crippen molar-refractivity contribution in [2.24, 2.45) is 0 Å². The van der Waals surface area contributed by atoms with Crippen LogP contribution in [0.4, 0.5) is 8.78 Å². The zero-order valence-electron chi connectivity index (χ0n) is 20.5. The molecule has 1 aliphatic rings. The van der Waals surface area contributed by atoms with E-state index in [9.17, 15) is 28.3 Å². The topological polar surface area (TPSA) is 108 Å². The molecule has 0 radical (unpaired) electrons. The van der Waals surface area contributed by atoms with Gasteiger partial charge in [0, 0.05) is 12.0 Å². The number of nitrogens with one attached hydrogen (secondary N) is 3. The number of carbonyl (C=O) groups is 3. The van der Waals surface area contributed by atoms with E-state index in [1.165, 1.54) is 6.92 Å². The van der Waals surface area contributed by atoms with E-state index in [1.807, 2.05) is 72.8 Å². The first kappa shape index (κ1) is 26.7. The molecule has 0 aromatic heterocycles. The van der Waals surface area contributed by atoms with Crippen LogP contribution in [0.15, 0.2) is 91.0 Å². The molecule has 1 aliphatic heterocycles. The second-order valence-electron chi connectivity index (χ2n) is 9.04. The van der Waals surface area contributed by atoms with Crippen molar-refractivity contribution in [1.29, 1.82) is 0 Å². The highest BCUT2D eigenvalue weighted by molar-refractivity contribution is 5.93. The van der Waals surface area contributed by atoms with Gasteiger partial charge in [-0.3, -0.25) is 14.4 Å². The van der Waals surface area contributed by atoms with E-state index in [0.717, 1.165) is 23.3 Å². The minimum atomic E-state index is -1.90. The van der Waals surface area contributed by atoms with Gasteiger partial charge in [-0.25, -0.2) is 8.78 Å². The summed E-state index contributed by atoms with van der Waals surface area (Å²) in [7, 11) is 0. The Hall–Kier alpha value is -4.37. The number of halogens is 2. The van der Waals surface area contributed by atoms with E-state index in [0.29, 0.717) is 6.07 Å². The van der Waals surface area contributed by atoms with E-state index < -0.39 is 59.5 Å². The maximum Gasteiger partial charge on any atom is 0.254 e.